The van der Waals surface area contributed by atoms with E-state index in [1.54, 1.807) is 0 Å². The zero-order valence-electron chi connectivity index (χ0n) is 12.1. The Balaban J connectivity index is 1.48. The van der Waals surface area contributed by atoms with Crippen molar-refractivity contribution in [3.8, 4) is 0 Å². The third kappa shape index (κ3) is 3.89. The molecule has 0 spiro atoms. The van der Waals surface area contributed by atoms with Crippen LogP contribution >= 0.6 is 0 Å². The Labute approximate surface area is 124 Å². The van der Waals surface area contributed by atoms with E-state index in [-0.39, 0.29) is 6.04 Å². The van der Waals surface area contributed by atoms with Gasteiger partial charge in [0.15, 0.2) is 5.82 Å². The van der Waals surface area contributed by atoms with Gasteiger partial charge in [0, 0.05) is 6.42 Å². The summed E-state index contributed by atoms with van der Waals surface area (Å²) in [5.41, 5.74) is 7.29. The van der Waals surface area contributed by atoms with Crippen molar-refractivity contribution in [2.24, 2.45) is 5.73 Å². The number of aryl methyl sites for hydroxylation is 2. The minimum absolute atomic E-state index is 0.306. The summed E-state index contributed by atoms with van der Waals surface area (Å²) in [6.45, 7) is 0.461. The highest BCUT2D eigenvalue weighted by atomic mass is 16.5. The lowest BCUT2D eigenvalue weighted by Crippen LogP contribution is -2.27. The third-order valence-corrected chi connectivity index (χ3v) is 3.85. The van der Waals surface area contributed by atoms with Crippen molar-refractivity contribution in [1.29, 1.82) is 0 Å². The second-order valence-electron chi connectivity index (χ2n) is 5.52. The maximum atomic E-state index is 6.03. The van der Waals surface area contributed by atoms with Crippen LogP contribution in [0.4, 0.5) is 0 Å². The highest BCUT2D eigenvalue weighted by Crippen LogP contribution is 2.23. The second kappa shape index (κ2) is 6.83. The van der Waals surface area contributed by atoms with E-state index < -0.39 is 0 Å². The molecule has 5 nitrogen and oxygen atoms in total. The Kier molecular flexibility index (Phi) is 4.62. The van der Waals surface area contributed by atoms with E-state index in [0.29, 0.717) is 24.4 Å². The zero-order chi connectivity index (χ0) is 14.5. The Hall–Kier alpha value is -1.72. The lowest BCUT2D eigenvalue weighted by molar-refractivity contribution is -0.00549. The van der Waals surface area contributed by atoms with Gasteiger partial charge in [0.1, 0.15) is 0 Å². The van der Waals surface area contributed by atoms with E-state index in [0.717, 1.165) is 25.7 Å². The first-order valence-electron chi connectivity index (χ1n) is 7.55. The minimum atomic E-state index is -0.306. The van der Waals surface area contributed by atoms with Gasteiger partial charge in [-0.05, 0) is 31.2 Å². The van der Waals surface area contributed by atoms with Crippen LogP contribution in [0.5, 0.6) is 0 Å². The van der Waals surface area contributed by atoms with Crippen molar-refractivity contribution in [2.75, 3.05) is 6.61 Å². The molecule has 1 aromatic heterocycles. The van der Waals surface area contributed by atoms with Gasteiger partial charge in [-0.25, -0.2) is 0 Å². The van der Waals surface area contributed by atoms with Crippen molar-refractivity contribution >= 4 is 0 Å². The fourth-order valence-electron chi connectivity index (χ4n) is 2.27. The number of hydrogen-bond acceptors (Lipinski definition) is 5. The predicted octanol–water partition coefficient (Wildman–Crippen LogP) is 2.42. The normalized spacial score (nSPS) is 16.6. The van der Waals surface area contributed by atoms with E-state index in [4.69, 9.17) is 15.0 Å². The molecule has 0 aliphatic heterocycles. The zero-order valence-corrected chi connectivity index (χ0v) is 12.1. The summed E-state index contributed by atoms with van der Waals surface area (Å²) >= 11 is 0. The molecule has 21 heavy (non-hydrogen) atoms. The van der Waals surface area contributed by atoms with Crippen molar-refractivity contribution < 1.29 is 9.26 Å². The molecule has 0 saturated heterocycles. The summed E-state index contributed by atoms with van der Waals surface area (Å²) in [4.78, 5) is 4.36. The van der Waals surface area contributed by atoms with Crippen molar-refractivity contribution in [2.45, 2.75) is 44.2 Å². The first kappa shape index (κ1) is 14.2. The summed E-state index contributed by atoms with van der Waals surface area (Å²) in [6, 6.07) is 9.95. The number of benzene rings is 1. The van der Waals surface area contributed by atoms with E-state index in [1.807, 2.05) is 18.2 Å². The molecule has 1 saturated carbocycles. The van der Waals surface area contributed by atoms with Gasteiger partial charge in [-0.1, -0.05) is 35.5 Å². The van der Waals surface area contributed by atoms with Crippen LogP contribution in [0.25, 0.3) is 0 Å². The highest BCUT2D eigenvalue weighted by Gasteiger charge is 2.21. The first-order chi connectivity index (χ1) is 10.3. The number of nitrogens with zero attached hydrogens (tertiary/aromatic N) is 2. The molecule has 2 N–H and O–H groups in total. The SMILES string of the molecule is NC(COC1CCC1)c1noc(CCc2ccccc2)n1. The fraction of sp³-hybridized carbons (Fsp3) is 0.500. The van der Waals surface area contributed by atoms with Crippen LogP contribution in [0.15, 0.2) is 34.9 Å². The topological polar surface area (TPSA) is 74.2 Å². The molecule has 1 atom stereocenters. The molecule has 1 aliphatic carbocycles. The van der Waals surface area contributed by atoms with E-state index in [2.05, 4.69) is 22.3 Å². The molecule has 3 rings (SSSR count). The van der Waals surface area contributed by atoms with Gasteiger partial charge < -0.3 is 15.0 Å². The quantitative estimate of drug-likeness (QED) is 0.846. The fourth-order valence-corrected chi connectivity index (χ4v) is 2.27. The van der Waals surface area contributed by atoms with Crippen molar-refractivity contribution in [3.05, 3.63) is 47.6 Å². The van der Waals surface area contributed by atoms with Gasteiger partial charge in [0.25, 0.3) is 0 Å². The smallest absolute Gasteiger partial charge is 0.227 e. The molecule has 5 heteroatoms. The predicted molar refractivity (Wildman–Crippen MR) is 78.7 cm³/mol. The summed E-state index contributed by atoms with van der Waals surface area (Å²) in [7, 11) is 0. The number of nitrogens with two attached hydrogens (primary N) is 1. The van der Waals surface area contributed by atoms with Crippen LogP contribution in [-0.4, -0.2) is 22.9 Å². The molecule has 0 amide bonds. The third-order valence-electron chi connectivity index (χ3n) is 3.85. The summed E-state index contributed by atoms with van der Waals surface area (Å²) in [6.07, 6.45) is 5.53. The molecule has 2 aromatic rings. The minimum Gasteiger partial charge on any atom is -0.376 e. The van der Waals surface area contributed by atoms with Crippen LogP contribution in [-0.2, 0) is 17.6 Å². The molecule has 1 fully saturated rings. The monoisotopic (exact) mass is 287 g/mol. The summed E-state index contributed by atoms with van der Waals surface area (Å²) in [5, 5.41) is 3.96. The first-order valence-corrected chi connectivity index (χ1v) is 7.55. The average Bonchev–Trinajstić information content (AvgIpc) is 2.93. The standard InChI is InChI=1S/C16H21N3O2/c17-14(11-20-13-7-4-8-13)16-18-15(21-19-16)10-9-12-5-2-1-3-6-12/h1-3,5-6,13-14H,4,7-11,17H2. The Morgan fingerprint density at radius 1 is 1.24 bits per heavy atom. The molecular formula is C16H21N3O2. The molecule has 112 valence electrons. The van der Waals surface area contributed by atoms with Crippen LogP contribution in [0, 0.1) is 0 Å². The van der Waals surface area contributed by atoms with Gasteiger partial charge >= 0.3 is 0 Å². The van der Waals surface area contributed by atoms with Gasteiger partial charge in [0.2, 0.25) is 5.89 Å². The molecular weight excluding hydrogens is 266 g/mol. The van der Waals surface area contributed by atoms with Crippen LogP contribution < -0.4 is 5.73 Å². The van der Waals surface area contributed by atoms with Crippen LogP contribution in [0.3, 0.4) is 0 Å². The maximum Gasteiger partial charge on any atom is 0.227 e. The molecule has 0 bridgehead atoms. The second-order valence-corrected chi connectivity index (χ2v) is 5.52. The van der Waals surface area contributed by atoms with Crippen molar-refractivity contribution in [1.82, 2.24) is 10.1 Å². The lowest BCUT2D eigenvalue weighted by atomic mass is 9.96. The summed E-state index contributed by atoms with van der Waals surface area (Å²) in [5.74, 6) is 1.17. The highest BCUT2D eigenvalue weighted by molar-refractivity contribution is 5.15. The maximum absolute atomic E-state index is 6.03. The van der Waals surface area contributed by atoms with Crippen LogP contribution in [0.2, 0.25) is 0 Å². The van der Waals surface area contributed by atoms with Gasteiger partial charge in [-0.2, -0.15) is 4.98 Å². The lowest BCUT2D eigenvalue weighted by Gasteiger charge is -2.26. The molecule has 1 aromatic carbocycles. The molecule has 0 radical (unpaired) electrons. The average molecular weight is 287 g/mol. The van der Waals surface area contributed by atoms with E-state index in [9.17, 15) is 0 Å². The Morgan fingerprint density at radius 3 is 2.76 bits per heavy atom. The summed E-state index contributed by atoms with van der Waals surface area (Å²) < 4.78 is 10.9. The number of rotatable bonds is 7. The largest absolute Gasteiger partial charge is 0.376 e. The number of aromatic nitrogens is 2. The Bertz CT molecular complexity index is 552. The molecule has 1 unspecified atom stereocenters. The number of hydrogen-bond donors (Lipinski definition) is 1. The van der Waals surface area contributed by atoms with Crippen LogP contribution in [0.1, 0.15) is 42.6 Å². The van der Waals surface area contributed by atoms with E-state index in [1.165, 1.54) is 12.0 Å². The van der Waals surface area contributed by atoms with Gasteiger partial charge in [-0.3, -0.25) is 0 Å². The van der Waals surface area contributed by atoms with Gasteiger partial charge in [-0.15, -0.1) is 0 Å². The van der Waals surface area contributed by atoms with Crippen molar-refractivity contribution in [3.63, 3.8) is 0 Å². The molecule has 1 heterocycles. The van der Waals surface area contributed by atoms with Gasteiger partial charge in [0.05, 0.1) is 18.8 Å². The number of ether oxygens (including phenoxy) is 1. The van der Waals surface area contributed by atoms with E-state index >= 15 is 0 Å². The molecule has 1 aliphatic rings. The Morgan fingerprint density at radius 2 is 2.05 bits per heavy atom.